The van der Waals surface area contributed by atoms with Gasteiger partial charge in [-0.25, -0.2) is 0 Å². The molecule has 3 aromatic rings. The summed E-state index contributed by atoms with van der Waals surface area (Å²) in [5.74, 6) is 0.694. The van der Waals surface area contributed by atoms with Crippen molar-refractivity contribution in [1.29, 1.82) is 0 Å². The molecule has 0 N–H and O–H groups in total. The zero-order valence-corrected chi connectivity index (χ0v) is 19.4. The maximum atomic E-state index is 4.48. The first-order valence-corrected chi connectivity index (χ1v) is 12.2. The van der Waals surface area contributed by atoms with Gasteiger partial charge in [0.15, 0.2) is 5.82 Å². The van der Waals surface area contributed by atoms with Crippen LogP contribution >= 0.6 is 11.5 Å². The third kappa shape index (κ3) is 4.72. The van der Waals surface area contributed by atoms with Crippen molar-refractivity contribution in [3.63, 3.8) is 0 Å². The molecular formula is C24H30N7S+. The number of quaternary nitrogens is 1. The summed E-state index contributed by atoms with van der Waals surface area (Å²) in [5.41, 5.74) is 3.07. The molecule has 0 aliphatic carbocycles. The third-order valence-electron chi connectivity index (χ3n) is 6.81. The maximum Gasteiger partial charge on any atom is 0.249 e. The highest BCUT2D eigenvalue weighted by atomic mass is 32.1. The summed E-state index contributed by atoms with van der Waals surface area (Å²) >= 11 is 1.27. The van der Waals surface area contributed by atoms with Crippen LogP contribution < -0.4 is 4.90 Å². The zero-order valence-electron chi connectivity index (χ0n) is 18.6. The van der Waals surface area contributed by atoms with Crippen molar-refractivity contribution in [1.82, 2.24) is 14.3 Å². The van der Waals surface area contributed by atoms with E-state index in [1.54, 1.807) is 0 Å². The number of nitrogens with zero attached hydrogens (tertiary/aromatic N) is 7. The number of hydrogen-bond donors (Lipinski definition) is 0. The lowest BCUT2D eigenvalue weighted by molar-refractivity contribution is -0.939. The van der Waals surface area contributed by atoms with Crippen molar-refractivity contribution < 1.29 is 4.48 Å². The first-order valence-electron chi connectivity index (χ1n) is 11.5. The van der Waals surface area contributed by atoms with E-state index >= 15 is 0 Å². The van der Waals surface area contributed by atoms with Gasteiger partial charge < -0.3 is 9.38 Å². The Balaban J connectivity index is 1.20. The number of hydrogen-bond acceptors (Lipinski definition) is 7. The fraction of sp³-hybridized carbons (Fsp3) is 0.417. The van der Waals surface area contributed by atoms with Crippen LogP contribution in [0.15, 0.2) is 64.8 Å². The van der Waals surface area contributed by atoms with Crippen molar-refractivity contribution in [2.24, 2.45) is 10.2 Å². The minimum absolute atomic E-state index is 0.568. The molecular weight excluding hydrogens is 418 g/mol. The fourth-order valence-electron chi connectivity index (χ4n) is 4.66. The standard InChI is InChI=1S/C24H30N7S/c1-2-30(15-19-31-16-12-29(13-17-31)14-18-31)22-10-8-21(9-11-22)26-27-24-25-23(28-32-24)20-6-4-3-5-7-20/h3-11H,2,12-19H2,1H3/q+1. The predicted molar refractivity (Wildman–Crippen MR) is 130 cm³/mol. The van der Waals surface area contributed by atoms with Crippen molar-refractivity contribution >= 4 is 28.0 Å². The van der Waals surface area contributed by atoms with Gasteiger partial charge in [0.2, 0.25) is 5.13 Å². The number of piperazine rings is 3. The summed E-state index contributed by atoms with van der Waals surface area (Å²) in [6, 6.07) is 18.3. The topological polar surface area (TPSA) is 57.0 Å². The van der Waals surface area contributed by atoms with Crippen molar-refractivity contribution in [3.05, 3.63) is 54.6 Å². The van der Waals surface area contributed by atoms with Crippen LogP contribution in [0.25, 0.3) is 11.4 Å². The normalized spacial score (nSPS) is 22.5. The number of fused-ring (bicyclic) bond motifs is 3. The van der Waals surface area contributed by atoms with Crippen LogP contribution in [0.5, 0.6) is 0 Å². The highest BCUT2D eigenvalue weighted by Crippen LogP contribution is 2.26. The van der Waals surface area contributed by atoms with E-state index in [2.05, 4.69) is 48.4 Å². The monoisotopic (exact) mass is 448 g/mol. The molecule has 7 nitrogen and oxygen atoms in total. The average molecular weight is 449 g/mol. The molecule has 166 valence electrons. The fourth-order valence-corrected chi connectivity index (χ4v) is 5.18. The van der Waals surface area contributed by atoms with Crippen molar-refractivity contribution in [3.8, 4) is 11.4 Å². The van der Waals surface area contributed by atoms with Crippen LogP contribution in [-0.4, -0.2) is 77.6 Å². The van der Waals surface area contributed by atoms with Crippen molar-refractivity contribution in [2.45, 2.75) is 6.92 Å². The first kappa shape index (κ1) is 21.2. The first-order chi connectivity index (χ1) is 15.7. The lowest BCUT2D eigenvalue weighted by Crippen LogP contribution is -2.68. The molecule has 0 spiro atoms. The summed E-state index contributed by atoms with van der Waals surface area (Å²) < 4.78 is 5.69. The molecule has 3 aliphatic rings. The molecule has 4 heterocycles. The van der Waals surface area contributed by atoms with E-state index in [0.29, 0.717) is 11.0 Å². The van der Waals surface area contributed by atoms with Crippen LogP contribution in [0.3, 0.4) is 0 Å². The highest BCUT2D eigenvalue weighted by molar-refractivity contribution is 7.09. The number of aromatic nitrogens is 2. The van der Waals surface area contributed by atoms with E-state index in [1.165, 1.54) is 67.5 Å². The molecule has 0 atom stereocenters. The molecule has 3 aliphatic heterocycles. The van der Waals surface area contributed by atoms with Gasteiger partial charge in [-0.2, -0.15) is 9.36 Å². The van der Waals surface area contributed by atoms with Gasteiger partial charge in [0, 0.05) is 49.0 Å². The van der Waals surface area contributed by atoms with E-state index < -0.39 is 0 Å². The summed E-state index contributed by atoms with van der Waals surface area (Å²) in [4.78, 5) is 9.56. The summed E-state index contributed by atoms with van der Waals surface area (Å²) in [7, 11) is 0. The van der Waals surface area contributed by atoms with Gasteiger partial charge in [0.1, 0.15) is 0 Å². The van der Waals surface area contributed by atoms with E-state index in [4.69, 9.17) is 0 Å². The van der Waals surface area contributed by atoms with Gasteiger partial charge in [0.05, 0.1) is 38.4 Å². The summed E-state index contributed by atoms with van der Waals surface area (Å²) in [6.45, 7) is 13.3. The molecule has 0 amide bonds. The summed E-state index contributed by atoms with van der Waals surface area (Å²) in [6.07, 6.45) is 0. The Morgan fingerprint density at radius 1 is 0.969 bits per heavy atom. The quantitative estimate of drug-likeness (QED) is 0.374. The largest absolute Gasteiger partial charge is 0.366 e. The molecule has 3 saturated heterocycles. The SMILES string of the molecule is CCN(CC[N+]12CCN(CC1)CC2)c1ccc(N=Nc2nc(-c3ccccc3)ns2)cc1. The van der Waals surface area contributed by atoms with E-state index in [1.807, 2.05) is 42.5 Å². The minimum Gasteiger partial charge on any atom is -0.366 e. The van der Waals surface area contributed by atoms with Gasteiger partial charge in [-0.1, -0.05) is 30.3 Å². The lowest BCUT2D eigenvalue weighted by Gasteiger charge is -2.51. The van der Waals surface area contributed by atoms with E-state index in [9.17, 15) is 0 Å². The molecule has 0 saturated carbocycles. The van der Waals surface area contributed by atoms with Gasteiger partial charge >= 0.3 is 0 Å². The Morgan fingerprint density at radius 2 is 1.69 bits per heavy atom. The van der Waals surface area contributed by atoms with Crippen LogP contribution in [0.2, 0.25) is 0 Å². The van der Waals surface area contributed by atoms with Crippen LogP contribution in [-0.2, 0) is 0 Å². The number of rotatable bonds is 8. The van der Waals surface area contributed by atoms with Crippen LogP contribution in [0.1, 0.15) is 6.92 Å². The number of benzene rings is 2. The Hall–Kier alpha value is -2.68. The predicted octanol–water partition coefficient (Wildman–Crippen LogP) is 4.59. The second-order valence-corrected chi connectivity index (χ2v) is 9.37. The number of anilines is 1. The van der Waals surface area contributed by atoms with Gasteiger partial charge in [0.25, 0.3) is 0 Å². The zero-order chi connectivity index (χ0) is 21.8. The Labute approximate surface area is 193 Å². The smallest absolute Gasteiger partial charge is 0.249 e. The van der Waals surface area contributed by atoms with E-state index in [0.717, 1.165) is 24.3 Å². The minimum atomic E-state index is 0.568. The van der Waals surface area contributed by atoms with Crippen molar-refractivity contribution in [2.75, 3.05) is 63.8 Å². The molecule has 3 fully saturated rings. The summed E-state index contributed by atoms with van der Waals surface area (Å²) in [5, 5.41) is 9.22. The Kier molecular flexibility index (Phi) is 6.25. The molecule has 1 aromatic heterocycles. The Bertz CT molecular complexity index is 1030. The molecule has 0 radical (unpaired) electrons. The highest BCUT2D eigenvalue weighted by Gasteiger charge is 2.38. The van der Waals surface area contributed by atoms with Gasteiger partial charge in [-0.15, -0.1) is 10.2 Å². The molecule has 32 heavy (non-hydrogen) atoms. The molecule has 0 unspecified atom stereocenters. The molecule has 2 bridgehead atoms. The number of azo groups is 1. The number of likely N-dealkylation sites (N-methyl/N-ethyl adjacent to an activating group) is 1. The van der Waals surface area contributed by atoms with E-state index in [-0.39, 0.29) is 0 Å². The molecule has 6 rings (SSSR count). The third-order valence-corrected chi connectivity index (χ3v) is 7.41. The second kappa shape index (κ2) is 9.44. The molecule has 8 heteroatoms. The molecule has 2 aromatic carbocycles. The Morgan fingerprint density at radius 3 is 2.38 bits per heavy atom. The van der Waals surface area contributed by atoms with Crippen LogP contribution in [0, 0.1) is 0 Å². The van der Waals surface area contributed by atoms with Gasteiger partial charge in [-0.3, -0.25) is 4.90 Å². The lowest BCUT2D eigenvalue weighted by atomic mass is 10.1. The second-order valence-electron chi connectivity index (χ2n) is 8.64. The average Bonchev–Trinajstić information content (AvgIpc) is 3.35. The maximum absolute atomic E-state index is 4.48. The van der Waals surface area contributed by atoms with Gasteiger partial charge in [-0.05, 0) is 31.2 Å². The van der Waals surface area contributed by atoms with Crippen LogP contribution in [0.4, 0.5) is 16.5 Å².